The Morgan fingerprint density at radius 2 is 1.82 bits per heavy atom. The second-order valence-electron chi connectivity index (χ2n) is 4.71. The van der Waals surface area contributed by atoms with Gasteiger partial charge in [0.1, 0.15) is 0 Å². The summed E-state index contributed by atoms with van der Waals surface area (Å²) in [6.45, 7) is 7.33. The van der Waals surface area contributed by atoms with E-state index in [-0.39, 0.29) is 11.9 Å². The predicted octanol–water partition coefficient (Wildman–Crippen LogP) is 2.11. The van der Waals surface area contributed by atoms with Gasteiger partial charge < -0.3 is 10.6 Å². The highest BCUT2D eigenvalue weighted by Gasteiger charge is 2.07. The molecular weight excluding hydrogens is 212 g/mol. The SMILES string of the molecule is CC(C)CNC(=O)CN[C@H](C)c1ccccc1. The average molecular weight is 234 g/mol. The number of rotatable bonds is 6. The molecule has 94 valence electrons. The van der Waals surface area contributed by atoms with Crippen LogP contribution in [0.25, 0.3) is 0 Å². The lowest BCUT2D eigenvalue weighted by molar-refractivity contribution is -0.120. The predicted molar refractivity (Wildman–Crippen MR) is 70.7 cm³/mol. The number of nitrogens with one attached hydrogen (secondary N) is 2. The Balaban J connectivity index is 2.29. The van der Waals surface area contributed by atoms with Gasteiger partial charge in [-0.25, -0.2) is 0 Å². The van der Waals surface area contributed by atoms with Gasteiger partial charge in [-0.2, -0.15) is 0 Å². The van der Waals surface area contributed by atoms with Crippen LogP contribution in [0.1, 0.15) is 32.4 Å². The van der Waals surface area contributed by atoms with Crippen molar-refractivity contribution >= 4 is 5.91 Å². The Morgan fingerprint density at radius 3 is 2.41 bits per heavy atom. The van der Waals surface area contributed by atoms with E-state index >= 15 is 0 Å². The Morgan fingerprint density at radius 1 is 1.18 bits per heavy atom. The molecule has 3 nitrogen and oxygen atoms in total. The third kappa shape index (κ3) is 5.50. The van der Waals surface area contributed by atoms with Crippen molar-refractivity contribution in [2.24, 2.45) is 5.92 Å². The third-order valence-electron chi connectivity index (χ3n) is 2.58. The van der Waals surface area contributed by atoms with E-state index in [9.17, 15) is 4.79 Å². The molecule has 0 aliphatic carbocycles. The second-order valence-corrected chi connectivity index (χ2v) is 4.71. The van der Waals surface area contributed by atoms with Gasteiger partial charge in [-0.3, -0.25) is 4.79 Å². The van der Waals surface area contributed by atoms with Gasteiger partial charge >= 0.3 is 0 Å². The van der Waals surface area contributed by atoms with Crippen LogP contribution in [0.5, 0.6) is 0 Å². The first-order chi connectivity index (χ1) is 8.09. The normalized spacial score (nSPS) is 12.5. The van der Waals surface area contributed by atoms with Crippen LogP contribution >= 0.6 is 0 Å². The Kier molecular flexibility index (Phi) is 5.70. The van der Waals surface area contributed by atoms with E-state index in [1.54, 1.807) is 0 Å². The molecule has 1 atom stereocenters. The minimum absolute atomic E-state index is 0.0569. The number of amides is 1. The summed E-state index contributed by atoms with van der Waals surface area (Å²) < 4.78 is 0. The molecule has 0 heterocycles. The largest absolute Gasteiger partial charge is 0.355 e. The molecule has 0 fully saturated rings. The molecule has 1 aromatic rings. The number of carbonyl (C=O) groups excluding carboxylic acids is 1. The highest BCUT2D eigenvalue weighted by Crippen LogP contribution is 2.10. The van der Waals surface area contributed by atoms with E-state index in [0.717, 1.165) is 6.54 Å². The van der Waals surface area contributed by atoms with Crippen molar-refractivity contribution in [3.05, 3.63) is 35.9 Å². The van der Waals surface area contributed by atoms with Crippen LogP contribution in [0.2, 0.25) is 0 Å². The number of hydrogen-bond acceptors (Lipinski definition) is 2. The van der Waals surface area contributed by atoms with Crippen LogP contribution in [-0.2, 0) is 4.79 Å². The minimum Gasteiger partial charge on any atom is -0.355 e. The van der Waals surface area contributed by atoms with Gasteiger partial charge in [0.05, 0.1) is 6.54 Å². The molecule has 1 aromatic carbocycles. The Hall–Kier alpha value is -1.35. The van der Waals surface area contributed by atoms with Gasteiger partial charge in [0.15, 0.2) is 0 Å². The van der Waals surface area contributed by atoms with Crippen LogP contribution in [0.4, 0.5) is 0 Å². The maximum absolute atomic E-state index is 11.5. The maximum Gasteiger partial charge on any atom is 0.233 e. The fourth-order valence-corrected chi connectivity index (χ4v) is 1.49. The first kappa shape index (κ1) is 13.7. The van der Waals surface area contributed by atoms with Crippen LogP contribution < -0.4 is 10.6 Å². The Labute approximate surface area is 104 Å². The van der Waals surface area contributed by atoms with Gasteiger partial charge in [0, 0.05) is 12.6 Å². The van der Waals surface area contributed by atoms with Crippen LogP contribution in [0.15, 0.2) is 30.3 Å². The maximum atomic E-state index is 11.5. The van der Waals surface area contributed by atoms with Crippen LogP contribution in [-0.4, -0.2) is 19.0 Å². The lowest BCUT2D eigenvalue weighted by atomic mass is 10.1. The summed E-state index contributed by atoms with van der Waals surface area (Å²) in [6.07, 6.45) is 0. The molecule has 0 aromatic heterocycles. The van der Waals surface area contributed by atoms with Crippen molar-refractivity contribution in [2.45, 2.75) is 26.8 Å². The molecule has 3 heteroatoms. The molecule has 2 N–H and O–H groups in total. The number of carbonyl (C=O) groups is 1. The van der Waals surface area contributed by atoms with Gasteiger partial charge in [-0.15, -0.1) is 0 Å². The van der Waals surface area contributed by atoms with Crippen molar-refractivity contribution in [3.63, 3.8) is 0 Å². The molecule has 0 unspecified atom stereocenters. The fraction of sp³-hybridized carbons (Fsp3) is 0.500. The molecule has 0 aliphatic heterocycles. The standard InChI is InChI=1S/C14H22N2O/c1-11(2)9-16-14(17)10-15-12(3)13-7-5-4-6-8-13/h4-8,11-12,15H,9-10H2,1-3H3,(H,16,17)/t12-/m1/s1. The zero-order valence-electron chi connectivity index (χ0n) is 10.9. The van der Waals surface area contributed by atoms with E-state index < -0.39 is 0 Å². The van der Waals surface area contributed by atoms with Crippen LogP contribution in [0.3, 0.4) is 0 Å². The zero-order chi connectivity index (χ0) is 12.7. The van der Waals surface area contributed by atoms with Crippen molar-refractivity contribution in [3.8, 4) is 0 Å². The molecule has 0 aliphatic rings. The summed E-state index contributed by atoms with van der Waals surface area (Å²) in [5.74, 6) is 0.548. The molecule has 0 spiro atoms. The molecule has 1 rings (SSSR count). The lowest BCUT2D eigenvalue weighted by Gasteiger charge is -2.14. The molecule has 1 amide bonds. The second kappa shape index (κ2) is 7.07. The molecule has 0 saturated heterocycles. The fourth-order valence-electron chi connectivity index (χ4n) is 1.49. The summed E-state index contributed by atoms with van der Waals surface area (Å²) in [7, 11) is 0. The number of benzene rings is 1. The molecule has 0 radical (unpaired) electrons. The van der Waals surface area contributed by atoms with Gasteiger partial charge in [0.25, 0.3) is 0 Å². The number of hydrogen-bond donors (Lipinski definition) is 2. The molecule has 17 heavy (non-hydrogen) atoms. The summed E-state index contributed by atoms with van der Waals surface area (Å²) in [5.41, 5.74) is 1.20. The van der Waals surface area contributed by atoms with Crippen molar-refractivity contribution in [2.75, 3.05) is 13.1 Å². The van der Waals surface area contributed by atoms with Crippen molar-refractivity contribution in [1.82, 2.24) is 10.6 Å². The monoisotopic (exact) mass is 234 g/mol. The van der Waals surface area contributed by atoms with E-state index in [1.165, 1.54) is 5.56 Å². The quantitative estimate of drug-likeness (QED) is 0.791. The van der Waals surface area contributed by atoms with E-state index in [1.807, 2.05) is 18.2 Å². The molecule has 0 saturated carbocycles. The summed E-state index contributed by atoms with van der Waals surface area (Å²) in [6, 6.07) is 10.3. The van der Waals surface area contributed by atoms with E-state index in [0.29, 0.717) is 12.5 Å². The molecule has 0 bridgehead atoms. The molecular formula is C14H22N2O. The van der Waals surface area contributed by atoms with E-state index in [2.05, 4.69) is 43.5 Å². The first-order valence-corrected chi connectivity index (χ1v) is 6.14. The van der Waals surface area contributed by atoms with Gasteiger partial charge in [0.2, 0.25) is 5.91 Å². The highest BCUT2D eigenvalue weighted by atomic mass is 16.1. The summed E-state index contributed by atoms with van der Waals surface area (Å²) >= 11 is 0. The smallest absolute Gasteiger partial charge is 0.233 e. The topological polar surface area (TPSA) is 41.1 Å². The summed E-state index contributed by atoms with van der Waals surface area (Å²) in [5, 5.41) is 6.10. The Bertz CT molecular complexity index is 335. The minimum atomic E-state index is 0.0569. The van der Waals surface area contributed by atoms with Crippen LogP contribution in [0, 0.1) is 5.92 Å². The highest BCUT2D eigenvalue weighted by molar-refractivity contribution is 5.78. The third-order valence-corrected chi connectivity index (χ3v) is 2.58. The van der Waals surface area contributed by atoms with Gasteiger partial charge in [-0.05, 0) is 18.4 Å². The first-order valence-electron chi connectivity index (χ1n) is 6.14. The zero-order valence-corrected chi connectivity index (χ0v) is 10.9. The lowest BCUT2D eigenvalue weighted by Crippen LogP contribution is -2.36. The van der Waals surface area contributed by atoms with Crippen molar-refractivity contribution in [1.29, 1.82) is 0 Å². The van der Waals surface area contributed by atoms with E-state index in [4.69, 9.17) is 0 Å². The van der Waals surface area contributed by atoms with Gasteiger partial charge in [-0.1, -0.05) is 44.2 Å². The summed E-state index contributed by atoms with van der Waals surface area (Å²) in [4.78, 5) is 11.5. The van der Waals surface area contributed by atoms with Crippen molar-refractivity contribution < 1.29 is 4.79 Å². The average Bonchev–Trinajstić information content (AvgIpc) is 2.34.